The van der Waals surface area contributed by atoms with Gasteiger partial charge in [-0.05, 0) is 67.1 Å². The molecule has 2 nitrogen and oxygen atoms in total. The van der Waals surface area contributed by atoms with E-state index in [4.69, 9.17) is 29.0 Å². The molecular weight excluding hydrogens is 303 g/mol. The fourth-order valence-corrected chi connectivity index (χ4v) is 3.10. The summed E-state index contributed by atoms with van der Waals surface area (Å²) in [4.78, 5) is 0. The van der Waals surface area contributed by atoms with E-state index in [1.165, 1.54) is 22.3 Å². The zero-order valence-corrected chi connectivity index (χ0v) is 14.0. The zero-order chi connectivity index (χ0) is 15.6. The van der Waals surface area contributed by atoms with Crippen molar-refractivity contribution in [3.63, 3.8) is 0 Å². The first-order valence-electron chi connectivity index (χ1n) is 6.90. The van der Waals surface area contributed by atoms with Crippen LogP contribution in [0.2, 0.25) is 10.0 Å². The molecule has 0 aromatic heterocycles. The molecule has 0 bridgehead atoms. The van der Waals surface area contributed by atoms with Crippen molar-refractivity contribution in [3.05, 3.63) is 68.2 Å². The van der Waals surface area contributed by atoms with Crippen molar-refractivity contribution in [2.75, 3.05) is 0 Å². The fourth-order valence-electron chi connectivity index (χ4n) is 2.55. The minimum atomic E-state index is -0.0262. The Morgan fingerprint density at radius 2 is 1.57 bits per heavy atom. The molecule has 112 valence electrons. The molecule has 2 aromatic carbocycles. The van der Waals surface area contributed by atoms with Crippen LogP contribution in [0.3, 0.4) is 0 Å². The lowest BCUT2D eigenvalue weighted by Crippen LogP contribution is -2.30. The van der Waals surface area contributed by atoms with E-state index in [1.807, 2.05) is 18.2 Å². The second-order valence-electron chi connectivity index (χ2n) is 5.42. The Balaban J connectivity index is 2.39. The Morgan fingerprint density at radius 3 is 2.14 bits per heavy atom. The second-order valence-corrected chi connectivity index (χ2v) is 6.23. The number of aryl methyl sites for hydroxylation is 3. The van der Waals surface area contributed by atoms with Crippen LogP contribution in [0.5, 0.6) is 0 Å². The first-order valence-corrected chi connectivity index (χ1v) is 7.66. The summed E-state index contributed by atoms with van der Waals surface area (Å²) in [5.74, 6) is 5.77. The number of rotatable bonds is 4. The highest BCUT2D eigenvalue weighted by molar-refractivity contribution is 6.36. The first-order chi connectivity index (χ1) is 9.93. The van der Waals surface area contributed by atoms with Gasteiger partial charge in [-0.3, -0.25) is 11.3 Å². The van der Waals surface area contributed by atoms with Gasteiger partial charge >= 0.3 is 0 Å². The summed E-state index contributed by atoms with van der Waals surface area (Å²) >= 11 is 12.5. The van der Waals surface area contributed by atoms with Crippen LogP contribution in [0.1, 0.15) is 33.9 Å². The Hall–Kier alpha value is -1.06. The highest BCUT2D eigenvalue weighted by Crippen LogP contribution is 2.31. The molecule has 0 aliphatic carbocycles. The van der Waals surface area contributed by atoms with E-state index in [9.17, 15) is 0 Å². The normalized spacial score (nSPS) is 12.5. The van der Waals surface area contributed by atoms with Crippen molar-refractivity contribution in [1.29, 1.82) is 0 Å². The van der Waals surface area contributed by atoms with Gasteiger partial charge in [0.1, 0.15) is 0 Å². The van der Waals surface area contributed by atoms with Gasteiger partial charge in [-0.15, -0.1) is 0 Å². The van der Waals surface area contributed by atoms with Crippen LogP contribution >= 0.6 is 23.2 Å². The molecule has 4 heteroatoms. The van der Waals surface area contributed by atoms with Crippen molar-refractivity contribution in [2.24, 2.45) is 5.84 Å². The van der Waals surface area contributed by atoms with Gasteiger partial charge in [0.05, 0.1) is 6.04 Å². The maximum Gasteiger partial charge on any atom is 0.0504 e. The average Bonchev–Trinajstić information content (AvgIpc) is 2.43. The van der Waals surface area contributed by atoms with Crippen molar-refractivity contribution < 1.29 is 0 Å². The van der Waals surface area contributed by atoms with Gasteiger partial charge in [-0.2, -0.15) is 0 Å². The van der Waals surface area contributed by atoms with Gasteiger partial charge in [0, 0.05) is 10.0 Å². The fraction of sp³-hybridized carbons (Fsp3) is 0.294. The van der Waals surface area contributed by atoms with E-state index in [1.54, 1.807) is 0 Å². The summed E-state index contributed by atoms with van der Waals surface area (Å²) in [6.45, 7) is 6.32. The van der Waals surface area contributed by atoms with Crippen molar-refractivity contribution in [3.8, 4) is 0 Å². The standard InChI is InChI=1S/C17H20Cl2N2/c1-10-7-12(3)13(8-11(10)2)17(21-20)9-14-15(18)5-4-6-16(14)19/h4-8,17,21H,9,20H2,1-3H3. The van der Waals surface area contributed by atoms with E-state index in [0.29, 0.717) is 16.5 Å². The summed E-state index contributed by atoms with van der Waals surface area (Å²) < 4.78 is 0. The summed E-state index contributed by atoms with van der Waals surface area (Å²) in [7, 11) is 0. The van der Waals surface area contributed by atoms with Crippen LogP contribution in [0.4, 0.5) is 0 Å². The lowest BCUT2D eigenvalue weighted by molar-refractivity contribution is 0.549. The van der Waals surface area contributed by atoms with Gasteiger partial charge in [0.15, 0.2) is 0 Å². The molecule has 0 aliphatic heterocycles. The lowest BCUT2D eigenvalue weighted by atomic mass is 9.92. The van der Waals surface area contributed by atoms with Gasteiger partial charge in [0.25, 0.3) is 0 Å². The highest BCUT2D eigenvalue weighted by Gasteiger charge is 2.17. The Kier molecular flexibility index (Phi) is 5.28. The van der Waals surface area contributed by atoms with E-state index in [0.717, 1.165) is 5.56 Å². The second kappa shape index (κ2) is 6.80. The van der Waals surface area contributed by atoms with Crippen LogP contribution < -0.4 is 11.3 Å². The van der Waals surface area contributed by atoms with Crippen LogP contribution in [-0.2, 0) is 6.42 Å². The smallest absolute Gasteiger partial charge is 0.0504 e. The number of nitrogens with one attached hydrogen (secondary N) is 1. The molecule has 0 heterocycles. The van der Waals surface area contributed by atoms with Crippen LogP contribution in [0, 0.1) is 20.8 Å². The van der Waals surface area contributed by atoms with Crippen LogP contribution in [0.15, 0.2) is 30.3 Å². The molecule has 2 aromatic rings. The van der Waals surface area contributed by atoms with Crippen LogP contribution in [0.25, 0.3) is 0 Å². The molecule has 0 spiro atoms. The Bertz CT molecular complexity index is 633. The number of benzene rings is 2. The Labute approximate surface area is 136 Å². The summed E-state index contributed by atoms with van der Waals surface area (Å²) in [5, 5.41) is 1.34. The minimum Gasteiger partial charge on any atom is -0.271 e. The number of hydrazine groups is 1. The van der Waals surface area contributed by atoms with E-state index in [-0.39, 0.29) is 6.04 Å². The summed E-state index contributed by atoms with van der Waals surface area (Å²) in [5.41, 5.74) is 8.73. The molecule has 0 radical (unpaired) electrons. The number of hydrogen-bond donors (Lipinski definition) is 2. The van der Waals surface area contributed by atoms with Crippen molar-refractivity contribution >= 4 is 23.2 Å². The monoisotopic (exact) mass is 322 g/mol. The zero-order valence-electron chi connectivity index (χ0n) is 12.5. The third kappa shape index (κ3) is 3.58. The van der Waals surface area contributed by atoms with E-state index in [2.05, 4.69) is 38.3 Å². The van der Waals surface area contributed by atoms with Gasteiger partial charge in [0.2, 0.25) is 0 Å². The summed E-state index contributed by atoms with van der Waals surface area (Å²) in [6.07, 6.45) is 0.651. The maximum absolute atomic E-state index is 6.26. The number of halogens is 2. The highest BCUT2D eigenvalue weighted by atomic mass is 35.5. The first kappa shape index (κ1) is 16.3. The molecule has 1 unspecified atom stereocenters. The van der Waals surface area contributed by atoms with Crippen LogP contribution in [-0.4, -0.2) is 0 Å². The minimum absolute atomic E-state index is 0.0262. The molecule has 1 atom stereocenters. The third-order valence-electron chi connectivity index (χ3n) is 3.93. The number of nitrogens with two attached hydrogens (primary N) is 1. The molecule has 0 fully saturated rings. The quantitative estimate of drug-likeness (QED) is 0.634. The van der Waals surface area contributed by atoms with Crippen molar-refractivity contribution in [1.82, 2.24) is 5.43 Å². The predicted octanol–water partition coefficient (Wildman–Crippen LogP) is 4.67. The molecule has 21 heavy (non-hydrogen) atoms. The topological polar surface area (TPSA) is 38.0 Å². The number of hydrogen-bond acceptors (Lipinski definition) is 2. The molecule has 2 rings (SSSR count). The summed E-state index contributed by atoms with van der Waals surface area (Å²) in [6, 6.07) is 9.89. The Morgan fingerprint density at radius 1 is 1.00 bits per heavy atom. The van der Waals surface area contributed by atoms with E-state index < -0.39 is 0 Å². The lowest BCUT2D eigenvalue weighted by Gasteiger charge is -2.21. The average molecular weight is 323 g/mol. The van der Waals surface area contributed by atoms with E-state index >= 15 is 0 Å². The molecule has 0 saturated carbocycles. The molecular formula is C17H20Cl2N2. The SMILES string of the molecule is Cc1cc(C)c(C(Cc2c(Cl)cccc2Cl)NN)cc1C. The third-order valence-corrected chi connectivity index (χ3v) is 4.64. The van der Waals surface area contributed by atoms with Gasteiger partial charge < -0.3 is 0 Å². The predicted molar refractivity (Wildman–Crippen MR) is 90.9 cm³/mol. The molecule has 0 saturated heterocycles. The van der Waals surface area contributed by atoms with Crippen molar-refractivity contribution in [2.45, 2.75) is 33.2 Å². The molecule has 0 amide bonds. The molecule has 3 N–H and O–H groups in total. The van der Waals surface area contributed by atoms with Gasteiger partial charge in [-0.1, -0.05) is 41.4 Å². The largest absolute Gasteiger partial charge is 0.271 e. The van der Waals surface area contributed by atoms with Gasteiger partial charge in [-0.25, -0.2) is 0 Å². The molecule has 0 aliphatic rings. The maximum atomic E-state index is 6.26.